The molecule has 0 aromatic heterocycles. The maximum atomic E-state index is 5.02. The maximum absolute atomic E-state index is 5.02. The third-order valence-corrected chi connectivity index (χ3v) is 0.802. The van der Waals surface area contributed by atoms with Gasteiger partial charge in [0.2, 0.25) is 0 Å². The molecule has 0 heterocycles. The van der Waals surface area contributed by atoms with Crippen molar-refractivity contribution >= 4 is 23.4 Å². The first-order chi connectivity index (χ1) is 1.91. The lowest BCUT2D eigenvalue weighted by Gasteiger charge is -1.48. The summed E-state index contributed by atoms with van der Waals surface area (Å²) in [5.74, 6) is 0. The summed E-state index contributed by atoms with van der Waals surface area (Å²) in [7, 11) is 0. The molecule has 0 N–H and O–H groups in total. The van der Waals surface area contributed by atoms with Gasteiger partial charge < -0.3 is 0 Å². The molecule has 0 nitrogen and oxygen atoms in total. The van der Waals surface area contributed by atoms with Crippen molar-refractivity contribution < 1.29 is 0 Å². The van der Waals surface area contributed by atoms with Gasteiger partial charge in [-0.3, -0.25) is 0 Å². The standard InChI is InChI=1S/C2H4ClS/c1-4-2-3/h2H,1H3/q+1. The van der Waals surface area contributed by atoms with Gasteiger partial charge in [-0.25, -0.2) is 0 Å². The van der Waals surface area contributed by atoms with Gasteiger partial charge in [0.25, 0.3) is 5.21 Å². The van der Waals surface area contributed by atoms with Crippen LogP contribution in [0.15, 0.2) is 0 Å². The van der Waals surface area contributed by atoms with Crippen LogP contribution in [0, 0.1) is 5.21 Å². The van der Waals surface area contributed by atoms with Crippen LogP contribution < -0.4 is 0 Å². The van der Waals surface area contributed by atoms with Gasteiger partial charge in [-0.2, -0.15) is 0 Å². The van der Waals surface area contributed by atoms with E-state index in [-0.39, 0.29) is 0 Å². The van der Waals surface area contributed by atoms with E-state index < -0.39 is 0 Å². The van der Waals surface area contributed by atoms with Gasteiger partial charge >= 0.3 is 0 Å². The van der Waals surface area contributed by atoms with Crippen LogP contribution in [0.25, 0.3) is 0 Å². The van der Waals surface area contributed by atoms with Gasteiger partial charge in [-0.1, -0.05) is 0 Å². The minimum atomic E-state index is 1.50. The van der Waals surface area contributed by atoms with E-state index in [9.17, 15) is 0 Å². The first-order valence-corrected chi connectivity index (χ1v) is 2.59. The summed E-state index contributed by atoms with van der Waals surface area (Å²) in [5, 5.41) is 1.51. The van der Waals surface area contributed by atoms with E-state index in [1.807, 2.05) is 6.26 Å². The van der Waals surface area contributed by atoms with Crippen molar-refractivity contribution in [1.82, 2.24) is 0 Å². The van der Waals surface area contributed by atoms with Crippen molar-refractivity contribution in [2.45, 2.75) is 0 Å². The second-order valence-electron chi connectivity index (χ2n) is 0.325. The van der Waals surface area contributed by atoms with Gasteiger partial charge in [0.05, 0.1) is 11.8 Å². The highest BCUT2D eigenvalue weighted by Gasteiger charge is 1.77. The zero-order valence-electron chi connectivity index (χ0n) is 2.36. The topological polar surface area (TPSA) is 0 Å². The van der Waals surface area contributed by atoms with Gasteiger partial charge in [-0.15, -0.1) is 0 Å². The van der Waals surface area contributed by atoms with Gasteiger partial charge in [0, 0.05) is 6.26 Å². The Morgan fingerprint density at radius 2 is 2.25 bits per heavy atom. The first kappa shape index (κ1) is 4.51. The number of halogens is 1. The fraction of sp³-hybridized carbons (Fsp3) is 0.500. The summed E-state index contributed by atoms with van der Waals surface area (Å²) in [6.07, 6.45) is 1.91. The normalized spacial score (nSPS) is 6.50. The van der Waals surface area contributed by atoms with Gasteiger partial charge in [0.15, 0.2) is 11.6 Å². The third-order valence-electron chi connectivity index (χ3n) is 0.0891. The SMILES string of the molecule is CS[CH+]Cl. The minimum absolute atomic E-state index is 1.50. The molecule has 0 aliphatic heterocycles. The average molecular weight is 95.6 g/mol. The molecule has 0 saturated carbocycles. The molecule has 0 aromatic rings. The van der Waals surface area contributed by atoms with Crippen molar-refractivity contribution in [3.63, 3.8) is 0 Å². The van der Waals surface area contributed by atoms with E-state index in [0.717, 1.165) is 0 Å². The van der Waals surface area contributed by atoms with Crippen molar-refractivity contribution in [2.75, 3.05) is 6.26 Å². The minimum Gasteiger partial charge on any atom is 0.0287 e. The number of hydrogen-bond donors (Lipinski definition) is 0. The van der Waals surface area contributed by atoms with E-state index in [2.05, 4.69) is 0 Å². The van der Waals surface area contributed by atoms with Crippen LogP contribution in [0.4, 0.5) is 0 Å². The molecule has 0 aromatic carbocycles. The monoisotopic (exact) mass is 95.0 g/mol. The Labute approximate surface area is 35.5 Å². The Balaban J connectivity index is 1.97. The summed E-state index contributed by atoms with van der Waals surface area (Å²) in [6, 6.07) is 0. The highest BCUT2D eigenvalue weighted by molar-refractivity contribution is 8.01. The van der Waals surface area contributed by atoms with E-state index in [0.29, 0.717) is 0 Å². The number of thioether (sulfide) groups is 1. The summed E-state index contributed by atoms with van der Waals surface area (Å²) in [4.78, 5) is 0. The fourth-order valence-electron chi connectivity index (χ4n) is 0. The summed E-state index contributed by atoms with van der Waals surface area (Å²) < 4.78 is 0. The van der Waals surface area contributed by atoms with Crippen LogP contribution in [-0.4, -0.2) is 6.26 Å². The van der Waals surface area contributed by atoms with E-state index >= 15 is 0 Å². The molecule has 0 atom stereocenters. The molecular weight excluding hydrogens is 91.5 g/mol. The number of hydrogen-bond acceptors (Lipinski definition) is 1. The molecule has 4 heavy (non-hydrogen) atoms. The molecule has 0 radical (unpaired) electrons. The van der Waals surface area contributed by atoms with Crippen LogP contribution in [-0.2, 0) is 0 Å². The second kappa shape index (κ2) is 3.51. The van der Waals surface area contributed by atoms with E-state index in [1.165, 1.54) is 17.0 Å². The lowest BCUT2D eigenvalue weighted by Crippen LogP contribution is -1.33. The largest absolute Gasteiger partial charge is 0.251 e. The zero-order chi connectivity index (χ0) is 3.41. The van der Waals surface area contributed by atoms with Crippen molar-refractivity contribution in [2.24, 2.45) is 0 Å². The second-order valence-corrected chi connectivity index (χ2v) is 1.51. The molecule has 2 heteroatoms. The third kappa shape index (κ3) is 2.51. The summed E-state index contributed by atoms with van der Waals surface area (Å²) in [6.45, 7) is 0. The van der Waals surface area contributed by atoms with Gasteiger partial charge in [-0.05, 0) is 0 Å². The van der Waals surface area contributed by atoms with Gasteiger partial charge in [0.1, 0.15) is 0 Å². The molecule has 0 aliphatic carbocycles. The molecule has 24 valence electrons. The number of rotatable bonds is 1. The van der Waals surface area contributed by atoms with Crippen LogP contribution in [0.3, 0.4) is 0 Å². The van der Waals surface area contributed by atoms with Crippen LogP contribution >= 0.6 is 23.4 Å². The molecule has 0 fully saturated rings. The predicted molar refractivity (Wildman–Crippen MR) is 23.7 cm³/mol. The van der Waals surface area contributed by atoms with Crippen LogP contribution in [0.2, 0.25) is 0 Å². The average Bonchev–Trinajstić information content (AvgIpc) is 1.37. The predicted octanol–water partition coefficient (Wildman–Crippen LogP) is 1.71. The molecule has 0 amide bonds. The summed E-state index contributed by atoms with van der Waals surface area (Å²) in [5.41, 5.74) is 0. The molecule has 0 unspecified atom stereocenters. The van der Waals surface area contributed by atoms with Crippen LogP contribution in [0.1, 0.15) is 0 Å². The van der Waals surface area contributed by atoms with Crippen LogP contribution in [0.5, 0.6) is 0 Å². The highest BCUT2D eigenvalue weighted by atomic mass is 35.5. The zero-order valence-corrected chi connectivity index (χ0v) is 3.94. The highest BCUT2D eigenvalue weighted by Crippen LogP contribution is 1.99. The lowest BCUT2D eigenvalue weighted by molar-refractivity contribution is 2.44. The van der Waals surface area contributed by atoms with Crippen molar-refractivity contribution in [3.05, 3.63) is 5.21 Å². The van der Waals surface area contributed by atoms with Crippen molar-refractivity contribution in [3.8, 4) is 0 Å². The van der Waals surface area contributed by atoms with E-state index in [4.69, 9.17) is 11.6 Å². The Morgan fingerprint density at radius 3 is 2.25 bits per heavy atom. The molecule has 0 saturated heterocycles. The molecule has 0 aliphatic rings. The smallest absolute Gasteiger partial charge is 0.0287 e. The summed E-state index contributed by atoms with van der Waals surface area (Å²) >= 11 is 6.52. The molecule has 0 spiro atoms. The Kier molecular flexibility index (Phi) is 3.96. The Bertz CT molecular complexity index is 8.00. The fourth-order valence-corrected chi connectivity index (χ4v) is 0. The molecule has 0 rings (SSSR count). The lowest BCUT2D eigenvalue weighted by atomic mass is 11.9. The molecule has 0 bridgehead atoms. The maximum Gasteiger partial charge on any atom is 0.251 e. The van der Waals surface area contributed by atoms with E-state index in [1.54, 1.807) is 0 Å². The Morgan fingerprint density at radius 1 is 2.00 bits per heavy atom. The Hall–Kier alpha value is 0.510. The molecular formula is C2H4ClS+. The first-order valence-electron chi connectivity index (χ1n) is 0.862. The quantitative estimate of drug-likeness (QED) is 0.447. The van der Waals surface area contributed by atoms with Crippen molar-refractivity contribution in [1.29, 1.82) is 0 Å².